The van der Waals surface area contributed by atoms with Gasteiger partial charge in [0.05, 0.1) is 0 Å². The number of nitrogen functional groups attached to an aromatic ring is 1. The summed E-state index contributed by atoms with van der Waals surface area (Å²) in [4.78, 5) is 1.27. The van der Waals surface area contributed by atoms with Gasteiger partial charge in [-0.2, -0.15) is 5.10 Å². The van der Waals surface area contributed by atoms with Crippen molar-refractivity contribution in [3.05, 3.63) is 41.7 Å². The van der Waals surface area contributed by atoms with Crippen molar-refractivity contribution in [1.29, 1.82) is 0 Å². The Balaban J connectivity index is 1.95. The molecule has 0 unspecified atom stereocenters. The molecule has 1 aromatic carbocycles. The lowest BCUT2D eigenvalue weighted by Gasteiger charge is -2.07. The average molecular weight is 247 g/mol. The predicted molar refractivity (Wildman–Crippen MR) is 73.2 cm³/mol. The van der Waals surface area contributed by atoms with Crippen molar-refractivity contribution in [1.82, 2.24) is 9.78 Å². The highest BCUT2D eigenvalue weighted by Crippen LogP contribution is 2.26. The number of hydrogen-bond donors (Lipinski definition) is 1. The van der Waals surface area contributed by atoms with E-state index in [0.717, 1.165) is 17.9 Å². The Labute approximate surface area is 106 Å². The molecule has 2 aromatic rings. The molecule has 0 radical (unpaired) electrons. The summed E-state index contributed by atoms with van der Waals surface area (Å²) in [5.74, 6) is 1.05. The predicted octanol–water partition coefficient (Wildman–Crippen LogP) is 2.65. The molecule has 17 heavy (non-hydrogen) atoms. The Bertz CT molecular complexity index is 505. The van der Waals surface area contributed by atoms with E-state index in [-0.39, 0.29) is 0 Å². The summed E-state index contributed by atoms with van der Waals surface area (Å²) < 4.78 is 1.92. The van der Waals surface area contributed by atoms with Crippen molar-refractivity contribution < 1.29 is 0 Å². The number of thioether (sulfide) groups is 1. The normalized spacial score (nSPS) is 10.7. The summed E-state index contributed by atoms with van der Waals surface area (Å²) >= 11 is 1.85. The van der Waals surface area contributed by atoms with Gasteiger partial charge in [0.1, 0.15) is 0 Å². The van der Waals surface area contributed by atoms with Crippen LogP contribution in [0.25, 0.3) is 0 Å². The van der Waals surface area contributed by atoms with Crippen molar-refractivity contribution in [2.45, 2.75) is 18.2 Å². The van der Waals surface area contributed by atoms with E-state index in [4.69, 9.17) is 5.73 Å². The van der Waals surface area contributed by atoms with E-state index in [1.807, 2.05) is 41.8 Å². The van der Waals surface area contributed by atoms with Crippen LogP contribution in [-0.4, -0.2) is 15.5 Å². The van der Waals surface area contributed by atoms with E-state index in [2.05, 4.69) is 24.2 Å². The largest absolute Gasteiger partial charge is 0.398 e. The summed E-state index contributed by atoms with van der Waals surface area (Å²) in [5.41, 5.74) is 9.20. The molecular formula is C13H17N3S. The fraction of sp³-hybridized carbons (Fsp3) is 0.308. The Hall–Kier alpha value is -1.42. The molecule has 90 valence electrons. The highest BCUT2D eigenvalue weighted by Gasteiger charge is 2.03. The fourth-order valence-corrected chi connectivity index (χ4v) is 2.74. The molecule has 0 aliphatic carbocycles. The Morgan fingerprint density at radius 1 is 1.35 bits per heavy atom. The van der Waals surface area contributed by atoms with E-state index < -0.39 is 0 Å². The van der Waals surface area contributed by atoms with Gasteiger partial charge in [0.2, 0.25) is 0 Å². The maximum Gasteiger partial charge on any atom is 0.0492 e. The number of aryl methyl sites for hydroxylation is 2. The zero-order valence-corrected chi connectivity index (χ0v) is 11.0. The highest BCUT2D eigenvalue weighted by molar-refractivity contribution is 7.99. The van der Waals surface area contributed by atoms with Crippen molar-refractivity contribution in [3.63, 3.8) is 0 Å². The van der Waals surface area contributed by atoms with Crippen LogP contribution in [0.15, 0.2) is 35.4 Å². The smallest absolute Gasteiger partial charge is 0.0492 e. The molecule has 2 N–H and O–H groups in total. The molecule has 4 heteroatoms. The van der Waals surface area contributed by atoms with Crippen LogP contribution >= 0.6 is 11.8 Å². The summed E-state index contributed by atoms with van der Waals surface area (Å²) in [6, 6.07) is 8.14. The van der Waals surface area contributed by atoms with Crippen molar-refractivity contribution >= 4 is 17.4 Å². The van der Waals surface area contributed by atoms with Gasteiger partial charge in [-0.1, -0.05) is 6.07 Å². The number of nitrogens with zero attached hydrogens (tertiary/aromatic N) is 2. The van der Waals surface area contributed by atoms with Crippen LogP contribution in [0.2, 0.25) is 0 Å². The van der Waals surface area contributed by atoms with Gasteiger partial charge in [0.15, 0.2) is 0 Å². The standard InChI is InChI=1S/C13H17N3S/c1-10-12(14)4-3-5-13(10)17-9-7-11-6-8-15-16(11)2/h3-6,8H,7,9,14H2,1-2H3. The van der Waals surface area contributed by atoms with Crippen LogP contribution in [-0.2, 0) is 13.5 Å². The Morgan fingerprint density at radius 2 is 2.18 bits per heavy atom. The van der Waals surface area contributed by atoms with Crippen LogP contribution < -0.4 is 5.73 Å². The third-order valence-electron chi connectivity index (χ3n) is 2.86. The molecule has 0 bridgehead atoms. The van der Waals surface area contributed by atoms with Crippen LogP contribution in [0.4, 0.5) is 5.69 Å². The number of anilines is 1. The minimum atomic E-state index is 0.871. The first-order valence-electron chi connectivity index (χ1n) is 5.63. The first-order valence-corrected chi connectivity index (χ1v) is 6.62. The van der Waals surface area contributed by atoms with E-state index in [0.29, 0.717) is 0 Å². The first kappa shape index (κ1) is 12.0. The zero-order valence-electron chi connectivity index (χ0n) is 10.2. The fourth-order valence-electron chi connectivity index (χ4n) is 1.70. The third-order valence-corrected chi connectivity index (χ3v) is 4.03. The topological polar surface area (TPSA) is 43.8 Å². The SMILES string of the molecule is Cc1c(N)cccc1SCCc1ccnn1C. The van der Waals surface area contributed by atoms with Crippen LogP contribution in [0.3, 0.4) is 0 Å². The molecule has 0 saturated heterocycles. The number of rotatable bonds is 4. The zero-order chi connectivity index (χ0) is 12.3. The van der Waals surface area contributed by atoms with Gasteiger partial charge in [-0.05, 0) is 37.1 Å². The van der Waals surface area contributed by atoms with E-state index in [1.54, 1.807) is 0 Å². The number of aromatic nitrogens is 2. The van der Waals surface area contributed by atoms with Gasteiger partial charge in [0.25, 0.3) is 0 Å². The molecule has 0 saturated carbocycles. The molecule has 0 spiro atoms. The van der Waals surface area contributed by atoms with E-state index in [1.165, 1.54) is 16.2 Å². The molecular weight excluding hydrogens is 230 g/mol. The van der Waals surface area contributed by atoms with Crippen LogP contribution in [0.5, 0.6) is 0 Å². The molecule has 0 fully saturated rings. The van der Waals surface area contributed by atoms with Gasteiger partial charge >= 0.3 is 0 Å². The Morgan fingerprint density at radius 3 is 2.88 bits per heavy atom. The minimum absolute atomic E-state index is 0.871. The van der Waals surface area contributed by atoms with E-state index in [9.17, 15) is 0 Å². The summed E-state index contributed by atoms with van der Waals surface area (Å²) in [6.07, 6.45) is 2.86. The lowest BCUT2D eigenvalue weighted by atomic mass is 10.2. The maximum atomic E-state index is 5.88. The van der Waals surface area contributed by atoms with Gasteiger partial charge < -0.3 is 5.73 Å². The number of hydrogen-bond acceptors (Lipinski definition) is 3. The van der Waals surface area contributed by atoms with Crippen LogP contribution in [0, 0.1) is 6.92 Å². The lowest BCUT2D eigenvalue weighted by Crippen LogP contribution is -1.99. The van der Waals surface area contributed by atoms with Gasteiger partial charge in [-0.25, -0.2) is 0 Å². The molecule has 1 aromatic heterocycles. The Kier molecular flexibility index (Phi) is 3.74. The number of nitrogens with two attached hydrogens (primary N) is 1. The van der Waals surface area contributed by atoms with Gasteiger partial charge in [-0.3, -0.25) is 4.68 Å². The van der Waals surface area contributed by atoms with Crippen molar-refractivity contribution in [3.8, 4) is 0 Å². The molecule has 3 nitrogen and oxygen atoms in total. The first-order chi connectivity index (χ1) is 8.18. The quantitative estimate of drug-likeness (QED) is 0.667. The maximum absolute atomic E-state index is 5.88. The monoisotopic (exact) mass is 247 g/mol. The van der Waals surface area contributed by atoms with Crippen molar-refractivity contribution in [2.75, 3.05) is 11.5 Å². The average Bonchev–Trinajstić information content (AvgIpc) is 2.71. The second kappa shape index (κ2) is 5.27. The minimum Gasteiger partial charge on any atom is -0.398 e. The molecule has 0 aliphatic rings. The van der Waals surface area contributed by atoms with Crippen molar-refractivity contribution in [2.24, 2.45) is 7.05 Å². The third kappa shape index (κ3) is 2.82. The van der Waals surface area contributed by atoms with Crippen LogP contribution in [0.1, 0.15) is 11.3 Å². The van der Waals surface area contributed by atoms with Gasteiger partial charge in [-0.15, -0.1) is 11.8 Å². The summed E-state index contributed by atoms with van der Waals surface area (Å²) in [5, 5.41) is 4.16. The second-order valence-electron chi connectivity index (χ2n) is 4.01. The number of benzene rings is 1. The highest BCUT2D eigenvalue weighted by atomic mass is 32.2. The van der Waals surface area contributed by atoms with Gasteiger partial charge in [0, 0.05) is 35.3 Å². The molecule has 2 rings (SSSR count). The summed E-state index contributed by atoms with van der Waals surface area (Å²) in [6.45, 7) is 2.07. The lowest BCUT2D eigenvalue weighted by molar-refractivity contribution is 0.720. The molecule has 1 heterocycles. The molecule has 0 atom stereocenters. The summed E-state index contributed by atoms with van der Waals surface area (Å²) in [7, 11) is 1.98. The molecule has 0 aliphatic heterocycles. The molecule has 0 amide bonds. The van der Waals surface area contributed by atoms with E-state index >= 15 is 0 Å². The second-order valence-corrected chi connectivity index (χ2v) is 5.15.